The van der Waals surface area contributed by atoms with Crippen LogP contribution in [0.1, 0.15) is 23.7 Å². The highest BCUT2D eigenvalue weighted by atomic mass is 19.1. The highest BCUT2D eigenvalue weighted by Gasteiger charge is 2.12. The van der Waals surface area contributed by atoms with E-state index in [-0.39, 0.29) is 24.8 Å². The molecule has 0 aliphatic rings. The predicted octanol–water partition coefficient (Wildman–Crippen LogP) is 3.24. The van der Waals surface area contributed by atoms with E-state index in [1.54, 1.807) is 31.2 Å². The number of para-hydroxylation sites is 1. The molecule has 2 rings (SSSR count). The maximum Gasteiger partial charge on any atom is 0.166 e. The molecule has 2 aromatic carbocycles. The van der Waals surface area contributed by atoms with Crippen molar-refractivity contribution in [3.63, 3.8) is 0 Å². The van der Waals surface area contributed by atoms with Gasteiger partial charge in [-0.1, -0.05) is 19.1 Å². The van der Waals surface area contributed by atoms with Gasteiger partial charge in [-0.25, -0.2) is 4.39 Å². The van der Waals surface area contributed by atoms with Crippen LogP contribution in [0.25, 0.3) is 0 Å². The Morgan fingerprint density at radius 3 is 2.43 bits per heavy atom. The SMILES string of the molecule is CCC(=O)c1ccccc1OCC(O)COc1ccc(F)cc1. The molecule has 0 saturated carbocycles. The van der Waals surface area contributed by atoms with Crippen LogP contribution in [0.15, 0.2) is 48.5 Å². The number of carbonyl (C=O) groups excluding carboxylic acids is 1. The third-order valence-corrected chi connectivity index (χ3v) is 3.20. The van der Waals surface area contributed by atoms with Crippen molar-refractivity contribution < 1.29 is 23.8 Å². The summed E-state index contributed by atoms with van der Waals surface area (Å²) in [4.78, 5) is 11.8. The van der Waals surface area contributed by atoms with Crippen molar-refractivity contribution in [3.05, 3.63) is 59.9 Å². The van der Waals surface area contributed by atoms with Crippen molar-refractivity contribution in [2.75, 3.05) is 13.2 Å². The van der Waals surface area contributed by atoms with Gasteiger partial charge in [0.15, 0.2) is 5.78 Å². The van der Waals surface area contributed by atoms with Gasteiger partial charge >= 0.3 is 0 Å². The van der Waals surface area contributed by atoms with Crippen molar-refractivity contribution in [2.24, 2.45) is 0 Å². The second-order valence-corrected chi connectivity index (χ2v) is 5.00. The molecule has 5 heteroatoms. The molecule has 1 unspecified atom stereocenters. The number of hydrogen-bond donors (Lipinski definition) is 1. The highest BCUT2D eigenvalue weighted by molar-refractivity contribution is 5.98. The van der Waals surface area contributed by atoms with Crippen molar-refractivity contribution >= 4 is 5.78 Å². The summed E-state index contributed by atoms with van der Waals surface area (Å²) in [5.74, 6) is 0.545. The molecule has 1 atom stereocenters. The minimum atomic E-state index is -0.871. The molecular formula is C18H19FO4. The van der Waals surface area contributed by atoms with Gasteiger partial charge < -0.3 is 14.6 Å². The monoisotopic (exact) mass is 318 g/mol. The summed E-state index contributed by atoms with van der Waals surface area (Å²) in [7, 11) is 0. The number of hydrogen-bond acceptors (Lipinski definition) is 4. The lowest BCUT2D eigenvalue weighted by Crippen LogP contribution is -2.25. The second-order valence-electron chi connectivity index (χ2n) is 5.00. The maximum absolute atomic E-state index is 12.8. The third-order valence-electron chi connectivity index (χ3n) is 3.20. The Hall–Kier alpha value is -2.40. The molecule has 23 heavy (non-hydrogen) atoms. The maximum atomic E-state index is 12.8. The molecule has 0 heterocycles. The van der Waals surface area contributed by atoms with E-state index in [1.807, 2.05) is 0 Å². The fraction of sp³-hybridized carbons (Fsp3) is 0.278. The number of ketones is 1. The summed E-state index contributed by atoms with van der Waals surface area (Å²) in [5, 5.41) is 9.90. The molecule has 0 aromatic heterocycles. The van der Waals surface area contributed by atoms with Gasteiger partial charge in [0.05, 0.1) is 5.56 Å². The Morgan fingerprint density at radius 2 is 1.74 bits per heavy atom. The number of ether oxygens (including phenoxy) is 2. The van der Waals surface area contributed by atoms with Gasteiger partial charge in [0.25, 0.3) is 0 Å². The number of rotatable bonds is 8. The summed E-state index contributed by atoms with van der Waals surface area (Å²) >= 11 is 0. The topological polar surface area (TPSA) is 55.8 Å². The van der Waals surface area contributed by atoms with E-state index in [9.17, 15) is 14.3 Å². The average Bonchev–Trinajstić information content (AvgIpc) is 2.59. The summed E-state index contributed by atoms with van der Waals surface area (Å²) in [6, 6.07) is 12.5. The second kappa shape index (κ2) is 8.29. The van der Waals surface area contributed by atoms with Crippen LogP contribution in [0.3, 0.4) is 0 Å². The Kier molecular flexibility index (Phi) is 6.11. The van der Waals surface area contributed by atoms with Crippen LogP contribution < -0.4 is 9.47 Å². The van der Waals surface area contributed by atoms with Crippen molar-refractivity contribution in [1.29, 1.82) is 0 Å². The molecule has 1 N–H and O–H groups in total. The fourth-order valence-electron chi connectivity index (χ4n) is 1.97. The van der Waals surface area contributed by atoms with Crippen LogP contribution in [0.4, 0.5) is 4.39 Å². The first-order valence-electron chi connectivity index (χ1n) is 7.41. The van der Waals surface area contributed by atoms with Crippen LogP contribution in [-0.4, -0.2) is 30.2 Å². The molecule has 2 aromatic rings. The van der Waals surface area contributed by atoms with E-state index >= 15 is 0 Å². The van der Waals surface area contributed by atoms with Crippen LogP contribution >= 0.6 is 0 Å². The Labute approximate surface area is 134 Å². The zero-order valence-corrected chi connectivity index (χ0v) is 12.9. The molecular weight excluding hydrogens is 299 g/mol. The normalized spacial score (nSPS) is 11.8. The van der Waals surface area contributed by atoms with Gasteiger partial charge in [0, 0.05) is 6.42 Å². The van der Waals surface area contributed by atoms with Crippen LogP contribution in [0, 0.1) is 5.82 Å². The van der Waals surface area contributed by atoms with Gasteiger partial charge in [-0.15, -0.1) is 0 Å². The Balaban J connectivity index is 1.86. The van der Waals surface area contributed by atoms with Crippen molar-refractivity contribution in [2.45, 2.75) is 19.4 Å². The van der Waals surface area contributed by atoms with Gasteiger partial charge in [-0.2, -0.15) is 0 Å². The van der Waals surface area contributed by atoms with E-state index < -0.39 is 6.10 Å². The van der Waals surface area contributed by atoms with Gasteiger partial charge in [-0.05, 0) is 36.4 Å². The number of halogens is 1. The summed E-state index contributed by atoms with van der Waals surface area (Å²) in [6.07, 6.45) is -0.485. The lowest BCUT2D eigenvalue weighted by Gasteiger charge is -2.15. The number of aliphatic hydroxyl groups is 1. The van der Waals surface area contributed by atoms with Gasteiger partial charge in [0.2, 0.25) is 0 Å². The zero-order valence-electron chi connectivity index (χ0n) is 12.9. The molecule has 0 aliphatic heterocycles. The number of aliphatic hydroxyl groups excluding tert-OH is 1. The predicted molar refractivity (Wildman–Crippen MR) is 84.5 cm³/mol. The average molecular weight is 318 g/mol. The lowest BCUT2D eigenvalue weighted by atomic mass is 10.1. The minimum absolute atomic E-state index is 0.00476. The number of benzene rings is 2. The molecule has 4 nitrogen and oxygen atoms in total. The van der Waals surface area contributed by atoms with Crippen LogP contribution in [0.5, 0.6) is 11.5 Å². The van der Waals surface area contributed by atoms with E-state index in [4.69, 9.17) is 9.47 Å². The van der Waals surface area contributed by atoms with Crippen molar-refractivity contribution in [3.8, 4) is 11.5 Å². The number of carbonyl (C=O) groups is 1. The molecule has 0 spiro atoms. The smallest absolute Gasteiger partial charge is 0.166 e. The molecule has 122 valence electrons. The summed E-state index contributed by atoms with van der Waals surface area (Å²) in [6.45, 7) is 1.79. The molecule has 0 fully saturated rings. The molecule has 0 bridgehead atoms. The first-order valence-corrected chi connectivity index (χ1v) is 7.41. The molecule has 0 amide bonds. The summed E-state index contributed by atoms with van der Waals surface area (Å²) < 4.78 is 23.6. The van der Waals surface area contributed by atoms with E-state index in [0.29, 0.717) is 23.5 Å². The lowest BCUT2D eigenvalue weighted by molar-refractivity contribution is 0.0619. The summed E-state index contributed by atoms with van der Waals surface area (Å²) in [5.41, 5.74) is 0.502. The number of Topliss-reactive ketones (excluding diaryl/α,β-unsaturated/α-hetero) is 1. The first-order chi connectivity index (χ1) is 11.1. The van der Waals surface area contributed by atoms with E-state index in [1.165, 1.54) is 24.3 Å². The zero-order chi connectivity index (χ0) is 16.7. The molecule has 0 radical (unpaired) electrons. The minimum Gasteiger partial charge on any atom is -0.491 e. The molecule has 0 saturated heterocycles. The standard InChI is InChI=1S/C18H19FO4/c1-2-17(21)16-5-3-4-6-18(16)23-12-14(20)11-22-15-9-7-13(19)8-10-15/h3-10,14,20H,2,11-12H2,1H3. The first kappa shape index (κ1) is 17.0. The fourth-order valence-corrected chi connectivity index (χ4v) is 1.97. The van der Waals surface area contributed by atoms with Gasteiger partial charge in [-0.3, -0.25) is 4.79 Å². The van der Waals surface area contributed by atoms with E-state index in [2.05, 4.69) is 0 Å². The van der Waals surface area contributed by atoms with Crippen LogP contribution in [0.2, 0.25) is 0 Å². The largest absolute Gasteiger partial charge is 0.491 e. The van der Waals surface area contributed by atoms with Crippen LogP contribution in [-0.2, 0) is 0 Å². The van der Waals surface area contributed by atoms with Crippen molar-refractivity contribution in [1.82, 2.24) is 0 Å². The molecule has 0 aliphatic carbocycles. The Bertz CT molecular complexity index is 640. The highest BCUT2D eigenvalue weighted by Crippen LogP contribution is 2.20. The Morgan fingerprint density at radius 1 is 1.09 bits per heavy atom. The van der Waals surface area contributed by atoms with E-state index in [0.717, 1.165) is 0 Å². The van der Waals surface area contributed by atoms with Gasteiger partial charge in [0.1, 0.15) is 36.6 Å². The third kappa shape index (κ3) is 5.07. The quantitative estimate of drug-likeness (QED) is 0.759.